The van der Waals surface area contributed by atoms with Gasteiger partial charge in [0.2, 0.25) is 0 Å². The van der Waals surface area contributed by atoms with E-state index in [0.29, 0.717) is 5.56 Å². The molecule has 1 fully saturated rings. The molecule has 0 unspecified atom stereocenters. The summed E-state index contributed by atoms with van der Waals surface area (Å²) in [6.07, 6.45) is 2.97. The van der Waals surface area contributed by atoms with Crippen molar-refractivity contribution in [2.24, 2.45) is 10.9 Å². The zero-order chi connectivity index (χ0) is 24.2. The molecule has 1 aliphatic carbocycles. The van der Waals surface area contributed by atoms with Crippen molar-refractivity contribution < 1.29 is 10.0 Å². The molecule has 5 heteroatoms. The zero-order valence-electron chi connectivity index (χ0n) is 20.1. The summed E-state index contributed by atoms with van der Waals surface area (Å²) >= 11 is 1.70. The van der Waals surface area contributed by atoms with Gasteiger partial charge in [0.15, 0.2) is 0 Å². The van der Waals surface area contributed by atoms with Crippen LogP contribution in [-0.2, 0) is 0 Å². The molecule has 0 bridgehead atoms. The second-order valence-electron chi connectivity index (χ2n) is 7.23. The summed E-state index contributed by atoms with van der Waals surface area (Å²) in [5.41, 5.74) is 5.80. The van der Waals surface area contributed by atoms with Crippen LogP contribution in [0.15, 0.2) is 87.6 Å². The Labute approximate surface area is 202 Å². The molecule has 1 aliphatic heterocycles. The Morgan fingerprint density at radius 3 is 2.00 bits per heavy atom. The van der Waals surface area contributed by atoms with Gasteiger partial charge in [0.05, 0.1) is 11.4 Å². The van der Waals surface area contributed by atoms with Crippen LogP contribution in [0.3, 0.4) is 0 Å². The van der Waals surface area contributed by atoms with Crippen LogP contribution in [0.4, 0.5) is 5.69 Å². The van der Waals surface area contributed by atoms with Crippen molar-refractivity contribution in [3.63, 3.8) is 0 Å². The number of amides is 1. The average Bonchev–Trinajstić information content (AvgIpc) is 3.70. The molecule has 174 valence electrons. The van der Waals surface area contributed by atoms with E-state index in [-0.39, 0.29) is 0 Å². The SMILES string of the molecule is CC.CC.CC1CC1.O=C(NO)c1ccc(C2=Nc3ccccc3Sc3ccccc32)cc1. The van der Waals surface area contributed by atoms with Crippen LogP contribution in [0.25, 0.3) is 0 Å². The smallest absolute Gasteiger partial charge is 0.274 e. The molecular weight excluding hydrogens is 428 g/mol. The highest BCUT2D eigenvalue weighted by molar-refractivity contribution is 7.99. The molecule has 2 aliphatic rings. The Kier molecular flexibility index (Phi) is 10.9. The summed E-state index contributed by atoms with van der Waals surface area (Å²) in [6, 6.07) is 23.3. The predicted octanol–water partition coefficient (Wildman–Crippen LogP) is 7.91. The number of fused-ring (bicyclic) bond motifs is 2. The van der Waals surface area contributed by atoms with E-state index >= 15 is 0 Å². The fourth-order valence-corrected chi connectivity index (χ4v) is 3.94. The van der Waals surface area contributed by atoms with Gasteiger partial charge in [0, 0.05) is 26.5 Å². The number of nitrogens with one attached hydrogen (secondary N) is 1. The third-order valence-corrected chi connectivity index (χ3v) is 5.99. The fraction of sp³-hybridized carbons (Fsp3) is 0.286. The van der Waals surface area contributed by atoms with E-state index in [2.05, 4.69) is 25.1 Å². The lowest BCUT2D eigenvalue weighted by Gasteiger charge is -2.09. The lowest BCUT2D eigenvalue weighted by Crippen LogP contribution is -2.18. The van der Waals surface area contributed by atoms with Gasteiger partial charge in [-0.25, -0.2) is 10.5 Å². The number of para-hydroxylation sites is 1. The lowest BCUT2D eigenvalue weighted by molar-refractivity contribution is 0.0706. The molecule has 0 spiro atoms. The molecule has 4 nitrogen and oxygen atoms in total. The Morgan fingerprint density at radius 2 is 1.42 bits per heavy atom. The minimum absolute atomic E-state index is 0.392. The molecule has 0 radical (unpaired) electrons. The first kappa shape index (κ1) is 26.4. The molecule has 2 N–H and O–H groups in total. The van der Waals surface area contributed by atoms with Crippen LogP contribution in [0.2, 0.25) is 0 Å². The van der Waals surface area contributed by atoms with Gasteiger partial charge in [0.25, 0.3) is 5.91 Å². The summed E-state index contributed by atoms with van der Waals surface area (Å²) in [5.74, 6) is 0.552. The van der Waals surface area contributed by atoms with Crippen molar-refractivity contribution in [1.29, 1.82) is 0 Å². The van der Waals surface area contributed by atoms with Crippen LogP contribution < -0.4 is 5.48 Å². The molecule has 0 saturated heterocycles. The maximum Gasteiger partial charge on any atom is 0.274 e. The first-order valence-electron chi connectivity index (χ1n) is 11.7. The van der Waals surface area contributed by atoms with Gasteiger partial charge in [-0.05, 0) is 36.2 Å². The Balaban J connectivity index is 0.000000420. The zero-order valence-corrected chi connectivity index (χ0v) is 20.9. The van der Waals surface area contributed by atoms with E-state index in [9.17, 15) is 4.79 Å². The number of rotatable bonds is 2. The summed E-state index contributed by atoms with van der Waals surface area (Å²) in [6.45, 7) is 10.3. The maximum atomic E-state index is 11.5. The van der Waals surface area contributed by atoms with Crippen LogP contribution in [-0.4, -0.2) is 16.8 Å². The van der Waals surface area contributed by atoms with Gasteiger partial charge in [-0.15, -0.1) is 0 Å². The van der Waals surface area contributed by atoms with E-state index in [1.54, 1.807) is 29.4 Å². The van der Waals surface area contributed by atoms with Gasteiger partial charge in [-0.1, -0.05) is 102 Å². The summed E-state index contributed by atoms with van der Waals surface area (Å²) < 4.78 is 0. The quantitative estimate of drug-likeness (QED) is 0.235. The molecule has 3 aromatic rings. The van der Waals surface area contributed by atoms with E-state index < -0.39 is 5.91 Å². The number of benzene rings is 3. The number of hydrogen-bond acceptors (Lipinski definition) is 4. The summed E-state index contributed by atoms with van der Waals surface area (Å²) in [5, 5.41) is 8.76. The topological polar surface area (TPSA) is 61.7 Å². The van der Waals surface area contributed by atoms with Gasteiger partial charge >= 0.3 is 0 Å². The lowest BCUT2D eigenvalue weighted by atomic mass is 10.0. The molecule has 33 heavy (non-hydrogen) atoms. The van der Waals surface area contributed by atoms with Crippen LogP contribution >= 0.6 is 11.8 Å². The van der Waals surface area contributed by atoms with Crippen molar-refractivity contribution >= 4 is 29.1 Å². The predicted molar refractivity (Wildman–Crippen MR) is 139 cm³/mol. The molecular formula is C28H34N2O2S. The first-order chi connectivity index (χ1) is 16.2. The average molecular weight is 463 g/mol. The van der Waals surface area contributed by atoms with E-state index in [4.69, 9.17) is 10.2 Å². The highest BCUT2D eigenvalue weighted by atomic mass is 32.2. The molecule has 0 aromatic heterocycles. The molecule has 1 heterocycles. The number of hydroxylamine groups is 1. The van der Waals surface area contributed by atoms with Crippen molar-refractivity contribution in [3.8, 4) is 0 Å². The second-order valence-corrected chi connectivity index (χ2v) is 8.31. The van der Waals surface area contributed by atoms with E-state index in [1.807, 2.05) is 70.2 Å². The minimum atomic E-state index is -0.532. The Hall–Kier alpha value is -2.89. The molecule has 1 saturated carbocycles. The minimum Gasteiger partial charge on any atom is -0.288 e. The fourth-order valence-electron chi connectivity index (χ4n) is 2.92. The number of carbonyl (C=O) groups is 1. The molecule has 3 aromatic carbocycles. The van der Waals surface area contributed by atoms with Gasteiger partial charge in [-0.2, -0.15) is 0 Å². The largest absolute Gasteiger partial charge is 0.288 e. The number of carbonyl (C=O) groups excluding carboxylic acids is 1. The van der Waals surface area contributed by atoms with Gasteiger partial charge in [0.1, 0.15) is 0 Å². The molecule has 5 rings (SSSR count). The normalized spacial score (nSPS) is 13.0. The van der Waals surface area contributed by atoms with Crippen molar-refractivity contribution in [3.05, 3.63) is 89.5 Å². The molecule has 1 amide bonds. The summed E-state index contributed by atoms with van der Waals surface area (Å²) in [7, 11) is 0. The van der Waals surface area contributed by atoms with Crippen LogP contribution in [0.5, 0.6) is 0 Å². The standard InChI is InChI=1S/C20H14N2O2S.C4H8.2C2H6/c23-20(22-24)14-11-9-13(10-12-14)19-15-5-1-3-7-17(15)25-18-8-4-2-6-16(18)21-19;1-4-2-3-4;2*1-2/h1-12,24H,(H,22,23);4H,2-3H2,1H3;2*1-2H3. The Bertz CT molecular complexity index is 1060. The van der Waals surface area contributed by atoms with Gasteiger partial charge in [-0.3, -0.25) is 10.0 Å². The van der Waals surface area contributed by atoms with E-state index in [0.717, 1.165) is 38.2 Å². The number of nitrogens with zero attached hydrogens (tertiary/aromatic N) is 1. The van der Waals surface area contributed by atoms with Crippen molar-refractivity contribution in [1.82, 2.24) is 5.48 Å². The monoisotopic (exact) mass is 462 g/mol. The second kappa shape index (κ2) is 13.6. The third-order valence-electron chi connectivity index (χ3n) is 4.85. The number of aliphatic imine (C=N–C) groups is 1. The van der Waals surface area contributed by atoms with Crippen LogP contribution in [0, 0.1) is 5.92 Å². The highest BCUT2D eigenvalue weighted by Crippen LogP contribution is 2.40. The van der Waals surface area contributed by atoms with Crippen LogP contribution in [0.1, 0.15) is 68.9 Å². The highest BCUT2D eigenvalue weighted by Gasteiger charge is 2.18. The summed E-state index contributed by atoms with van der Waals surface area (Å²) in [4.78, 5) is 18.7. The third kappa shape index (κ3) is 7.31. The van der Waals surface area contributed by atoms with Crippen molar-refractivity contribution in [2.75, 3.05) is 0 Å². The number of hydrogen-bond donors (Lipinski definition) is 2. The maximum absolute atomic E-state index is 11.5. The van der Waals surface area contributed by atoms with Gasteiger partial charge < -0.3 is 0 Å². The van der Waals surface area contributed by atoms with E-state index in [1.165, 1.54) is 12.8 Å². The van der Waals surface area contributed by atoms with Crippen molar-refractivity contribution in [2.45, 2.75) is 57.3 Å². The first-order valence-corrected chi connectivity index (χ1v) is 12.5. The molecule has 0 atom stereocenters. The Morgan fingerprint density at radius 1 is 0.879 bits per heavy atom.